The van der Waals surface area contributed by atoms with Gasteiger partial charge in [0.1, 0.15) is 6.54 Å². The van der Waals surface area contributed by atoms with Crippen molar-refractivity contribution >= 4 is 29.9 Å². The molecule has 2 aromatic rings. The lowest BCUT2D eigenvalue weighted by atomic mass is 10.0. The summed E-state index contributed by atoms with van der Waals surface area (Å²) in [5, 5.41) is 4.84. The lowest BCUT2D eigenvalue weighted by molar-refractivity contribution is -0.129. The van der Waals surface area contributed by atoms with E-state index in [1.165, 1.54) is 36.4 Å². The SMILES string of the molecule is CC.CCN(CC(=O)NC(C)=O)C(=O)c1ccc(CNC(=O)c2ccncc2)cc1C=O. The molecule has 0 unspecified atom stereocenters. The Kier molecular flexibility index (Phi) is 11.0. The van der Waals surface area contributed by atoms with Crippen LogP contribution in [-0.4, -0.2) is 52.9 Å². The van der Waals surface area contributed by atoms with Gasteiger partial charge in [-0.05, 0) is 36.8 Å². The minimum atomic E-state index is -0.610. The molecule has 2 N–H and O–H groups in total. The molecule has 0 aliphatic carbocycles. The molecule has 1 aromatic heterocycles. The average molecular weight is 441 g/mol. The lowest BCUT2D eigenvalue weighted by Crippen LogP contribution is -2.42. The maximum absolute atomic E-state index is 12.8. The number of carbonyl (C=O) groups is 5. The number of carbonyl (C=O) groups excluding carboxylic acids is 5. The van der Waals surface area contributed by atoms with Crippen molar-refractivity contribution in [2.45, 2.75) is 34.2 Å². The van der Waals surface area contributed by atoms with E-state index < -0.39 is 17.7 Å². The standard InChI is InChI=1S/C21H22N4O5.C2H6/c1-3-25(12-19(28)24-14(2)27)21(30)18-5-4-15(10-17(18)13-26)11-23-20(29)16-6-8-22-9-7-16;1-2/h4-10,13H,3,11-12H2,1-2H3,(H,23,29)(H,24,27,28);1-2H3. The number of aromatic nitrogens is 1. The number of nitrogens with zero attached hydrogens (tertiary/aromatic N) is 2. The highest BCUT2D eigenvalue weighted by atomic mass is 16.2. The summed E-state index contributed by atoms with van der Waals surface area (Å²) in [7, 11) is 0. The van der Waals surface area contributed by atoms with Crippen LogP contribution in [-0.2, 0) is 16.1 Å². The van der Waals surface area contributed by atoms with Crippen LogP contribution in [0.5, 0.6) is 0 Å². The van der Waals surface area contributed by atoms with Crippen molar-refractivity contribution in [2.75, 3.05) is 13.1 Å². The number of hydrogen-bond donors (Lipinski definition) is 2. The van der Waals surface area contributed by atoms with Crippen molar-refractivity contribution in [1.29, 1.82) is 0 Å². The summed E-state index contributed by atoms with van der Waals surface area (Å²) in [5.74, 6) is -1.93. The van der Waals surface area contributed by atoms with E-state index in [-0.39, 0.29) is 36.7 Å². The molecule has 9 heteroatoms. The molecule has 0 saturated heterocycles. The van der Waals surface area contributed by atoms with Gasteiger partial charge in [-0.2, -0.15) is 0 Å². The molecule has 1 heterocycles. The van der Waals surface area contributed by atoms with Crippen molar-refractivity contribution < 1.29 is 24.0 Å². The van der Waals surface area contributed by atoms with Gasteiger partial charge in [0.05, 0.1) is 5.56 Å². The number of rotatable bonds is 8. The Labute approximate surface area is 187 Å². The average Bonchev–Trinajstić information content (AvgIpc) is 2.81. The predicted molar refractivity (Wildman–Crippen MR) is 119 cm³/mol. The molecule has 0 aliphatic heterocycles. The Morgan fingerprint density at radius 3 is 2.28 bits per heavy atom. The molecule has 0 bridgehead atoms. The van der Waals surface area contributed by atoms with Crippen molar-refractivity contribution in [3.8, 4) is 0 Å². The van der Waals surface area contributed by atoms with E-state index in [4.69, 9.17) is 0 Å². The summed E-state index contributed by atoms with van der Waals surface area (Å²) >= 11 is 0. The highest BCUT2D eigenvalue weighted by Gasteiger charge is 2.20. The quantitative estimate of drug-likeness (QED) is 0.605. The van der Waals surface area contributed by atoms with Gasteiger partial charge in [-0.3, -0.25) is 34.3 Å². The zero-order valence-electron chi connectivity index (χ0n) is 18.7. The molecule has 1 aromatic carbocycles. The molecule has 2 rings (SSSR count). The van der Waals surface area contributed by atoms with Crippen LogP contribution in [0, 0.1) is 0 Å². The Bertz CT molecular complexity index is 960. The molecule has 0 saturated carbocycles. The summed E-state index contributed by atoms with van der Waals surface area (Å²) < 4.78 is 0. The fraction of sp³-hybridized carbons (Fsp3) is 0.304. The number of nitrogens with one attached hydrogen (secondary N) is 2. The summed E-state index contributed by atoms with van der Waals surface area (Å²) in [5.41, 5.74) is 1.36. The number of amides is 4. The summed E-state index contributed by atoms with van der Waals surface area (Å²) in [6, 6.07) is 7.77. The summed E-state index contributed by atoms with van der Waals surface area (Å²) in [4.78, 5) is 64.3. The van der Waals surface area contributed by atoms with E-state index in [0.29, 0.717) is 17.4 Å². The topological polar surface area (TPSA) is 126 Å². The van der Waals surface area contributed by atoms with Crippen LogP contribution in [0.2, 0.25) is 0 Å². The molecule has 0 atom stereocenters. The number of pyridine rings is 1. The minimum absolute atomic E-state index is 0.131. The van der Waals surface area contributed by atoms with Crippen molar-refractivity contribution in [3.63, 3.8) is 0 Å². The number of aldehydes is 1. The normalized spacial score (nSPS) is 9.62. The minimum Gasteiger partial charge on any atom is -0.348 e. The van der Waals surface area contributed by atoms with Gasteiger partial charge in [0.2, 0.25) is 11.8 Å². The van der Waals surface area contributed by atoms with Crippen LogP contribution in [0.3, 0.4) is 0 Å². The summed E-state index contributed by atoms with van der Waals surface area (Å²) in [6.07, 6.45) is 3.57. The van der Waals surface area contributed by atoms with Gasteiger partial charge in [-0.15, -0.1) is 0 Å². The summed E-state index contributed by atoms with van der Waals surface area (Å²) in [6.45, 7) is 6.95. The molecule has 4 amide bonds. The van der Waals surface area contributed by atoms with Gasteiger partial charge in [-0.25, -0.2) is 0 Å². The number of imide groups is 1. The Morgan fingerprint density at radius 2 is 1.72 bits per heavy atom. The van der Waals surface area contributed by atoms with Gasteiger partial charge >= 0.3 is 0 Å². The lowest BCUT2D eigenvalue weighted by Gasteiger charge is -2.21. The third-order valence-electron chi connectivity index (χ3n) is 4.19. The van der Waals surface area contributed by atoms with Crippen LogP contribution in [0.4, 0.5) is 0 Å². The Balaban J connectivity index is 0.00000249. The van der Waals surface area contributed by atoms with Crippen molar-refractivity contribution in [1.82, 2.24) is 20.5 Å². The molecule has 0 radical (unpaired) electrons. The third-order valence-corrected chi connectivity index (χ3v) is 4.19. The Morgan fingerprint density at radius 1 is 1.06 bits per heavy atom. The second kappa shape index (κ2) is 13.4. The van der Waals surface area contributed by atoms with Gasteiger partial charge in [0.15, 0.2) is 6.29 Å². The van der Waals surface area contributed by atoms with Crippen molar-refractivity contribution in [3.05, 3.63) is 65.0 Å². The number of benzene rings is 1. The van der Waals surface area contributed by atoms with E-state index in [1.54, 1.807) is 25.1 Å². The second-order valence-corrected chi connectivity index (χ2v) is 6.38. The Hall–Kier alpha value is -3.88. The van der Waals surface area contributed by atoms with Gasteiger partial charge in [0, 0.05) is 43.5 Å². The largest absolute Gasteiger partial charge is 0.348 e. The number of likely N-dealkylation sites (N-methyl/N-ethyl adjacent to an activating group) is 1. The zero-order valence-corrected chi connectivity index (χ0v) is 18.7. The van der Waals surface area contributed by atoms with Crippen LogP contribution in [0.25, 0.3) is 0 Å². The molecule has 170 valence electrons. The van der Waals surface area contributed by atoms with E-state index in [0.717, 1.165) is 0 Å². The molecule has 32 heavy (non-hydrogen) atoms. The van der Waals surface area contributed by atoms with Gasteiger partial charge < -0.3 is 10.2 Å². The molecular weight excluding hydrogens is 412 g/mol. The molecule has 0 fully saturated rings. The first kappa shape index (κ1) is 26.2. The van der Waals surface area contributed by atoms with E-state index >= 15 is 0 Å². The van der Waals surface area contributed by atoms with E-state index in [1.807, 2.05) is 13.8 Å². The maximum Gasteiger partial charge on any atom is 0.255 e. The fourth-order valence-electron chi connectivity index (χ4n) is 2.71. The molecular formula is C23H28N4O5. The molecule has 9 nitrogen and oxygen atoms in total. The molecule has 0 aliphatic rings. The zero-order chi connectivity index (χ0) is 24.1. The van der Waals surface area contributed by atoms with E-state index in [9.17, 15) is 24.0 Å². The first-order chi connectivity index (χ1) is 15.3. The highest BCUT2D eigenvalue weighted by Crippen LogP contribution is 2.14. The number of hydrogen-bond acceptors (Lipinski definition) is 6. The predicted octanol–water partition coefficient (Wildman–Crippen LogP) is 1.98. The van der Waals surface area contributed by atoms with Crippen molar-refractivity contribution in [2.24, 2.45) is 0 Å². The second-order valence-electron chi connectivity index (χ2n) is 6.38. The van der Waals surface area contributed by atoms with Crippen LogP contribution in [0.1, 0.15) is 64.3 Å². The monoisotopic (exact) mass is 440 g/mol. The fourth-order valence-corrected chi connectivity index (χ4v) is 2.71. The van der Waals surface area contributed by atoms with Crippen LogP contribution < -0.4 is 10.6 Å². The third kappa shape index (κ3) is 7.75. The van der Waals surface area contributed by atoms with Gasteiger partial charge in [0.25, 0.3) is 11.8 Å². The van der Waals surface area contributed by atoms with E-state index in [2.05, 4.69) is 15.6 Å². The maximum atomic E-state index is 12.8. The first-order valence-electron chi connectivity index (χ1n) is 10.2. The van der Waals surface area contributed by atoms with Crippen LogP contribution in [0.15, 0.2) is 42.7 Å². The highest BCUT2D eigenvalue weighted by molar-refractivity contribution is 6.04. The first-order valence-corrected chi connectivity index (χ1v) is 10.2. The molecule has 0 spiro atoms. The van der Waals surface area contributed by atoms with Gasteiger partial charge in [-0.1, -0.05) is 19.9 Å². The smallest absolute Gasteiger partial charge is 0.255 e. The van der Waals surface area contributed by atoms with Crippen LogP contribution >= 0.6 is 0 Å².